The maximum atomic E-state index is 13.7. The Morgan fingerprint density at radius 1 is 0.773 bits per heavy atom. The van der Waals surface area contributed by atoms with Gasteiger partial charge in [0, 0.05) is 5.56 Å². The molecule has 0 radical (unpaired) electrons. The number of hydrogen-bond donors (Lipinski definition) is 1. The van der Waals surface area contributed by atoms with Crippen LogP contribution in [0.5, 0.6) is 0 Å². The molecule has 8 nitrogen and oxygen atoms in total. The lowest BCUT2D eigenvalue weighted by Crippen LogP contribution is -2.64. The molecule has 1 N–H and O–H groups in total. The maximum Gasteiger partial charge on any atom is 0.330 e. The van der Waals surface area contributed by atoms with Crippen LogP contribution in [0.1, 0.15) is 32.6 Å². The van der Waals surface area contributed by atoms with Crippen LogP contribution in [0.4, 0.5) is 0 Å². The van der Waals surface area contributed by atoms with E-state index in [2.05, 4.69) is 5.16 Å². The van der Waals surface area contributed by atoms with E-state index in [-0.39, 0.29) is 31.1 Å². The zero-order valence-electron chi connectivity index (χ0n) is 24.5. The zero-order valence-corrected chi connectivity index (χ0v) is 24.5. The number of Topliss-reactive ketones (excluding diaryl/α,β-unsaturated/α-hetero) is 1. The molecule has 226 valence electrons. The molecule has 4 aromatic carbocycles. The van der Waals surface area contributed by atoms with Crippen molar-refractivity contribution in [3.63, 3.8) is 0 Å². The van der Waals surface area contributed by atoms with Gasteiger partial charge in [-0.1, -0.05) is 126 Å². The van der Waals surface area contributed by atoms with Gasteiger partial charge in [0.05, 0.1) is 26.4 Å². The van der Waals surface area contributed by atoms with Crippen molar-refractivity contribution in [2.75, 3.05) is 6.61 Å². The van der Waals surface area contributed by atoms with Gasteiger partial charge in [0.25, 0.3) is 0 Å². The quantitative estimate of drug-likeness (QED) is 0.220. The number of benzene rings is 4. The molecule has 5 atom stereocenters. The Kier molecular flexibility index (Phi) is 9.26. The number of oxime groups is 1. The first kappa shape index (κ1) is 29.9. The summed E-state index contributed by atoms with van der Waals surface area (Å²) in [5, 5.41) is 16.0. The summed E-state index contributed by atoms with van der Waals surface area (Å²) < 4.78 is 25.5. The third-order valence-electron chi connectivity index (χ3n) is 7.77. The molecule has 0 aliphatic carbocycles. The minimum absolute atomic E-state index is 0.109. The first-order chi connectivity index (χ1) is 21.5. The molecule has 0 saturated carbocycles. The third-order valence-corrected chi connectivity index (χ3v) is 7.77. The Morgan fingerprint density at radius 2 is 1.32 bits per heavy atom. The molecule has 8 heteroatoms. The van der Waals surface area contributed by atoms with Crippen molar-refractivity contribution < 1.29 is 33.7 Å². The average Bonchev–Trinajstić information content (AvgIpc) is 3.41. The van der Waals surface area contributed by atoms with Gasteiger partial charge in [-0.2, -0.15) is 0 Å². The Balaban J connectivity index is 1.30. The summed E-state index contributed by atoms with van der Waals surface area (Å²) in [5.41, 5.74) is 4.42. The number of carbonyl (C=O) groups is 1. The second-order valence-electron chi connectivity index (χ2n) is 11.0. The molecule has 44 heavy (non-hydrogen) atoms. The van der Waals surface area contributed by atoms with E-state index in [0.29, 0.717) is 6.61 Å². The molecule has 1 fully saturated rings. The van der Waals surface area contributed by atoms with Crippen LogP contribution in [0.15, 0.2) is 120 Å². The molecule has 6 rings (SSSR count). The van der Waals surface area contributed by atoms with E-state index >= 15 is 0 Å². The van der Waals surface area contributed by atoms with Gasteiger partial charge in [0.15, 0.2) is 6.10 Å². The highest BCUT2D eigenvalue weighted by Crippen LogP contribution is 2.37. The SMILES string of the molecule is Cc1ccc(C(=O)[C@]2(O)ON=C3[C@@H](OCc4ccccc4)[C@@H](OCc4ccccc4)[C@@H](COCc4ccccc4)O[C@H]32)cc1. The monoisotopic (exact) mass is 593 g/mol. The van der Waals surface area contributed by atoms with E-state index in [1.165, 1.54) is 0 Å². The molecule has 0 unspecified atom stereocenters. The largest absolute Gasteiger partial charge is 0.374 e. The molecule has 0 bridgehead atoms. The summed E-state index contributed by atoms with van der Waals surface area (Å²) in [4.78, 5) is 19.2. The van der Waals surface area contributed by atoms with Gasteiger partial charge in [0.2, 0.25) is 5.78 Å². The van der Waals surface area contributed by atoms with Gasteiger partial charge in [-0.25, -0.2) is 0 Å². The third kappa shape index (κ3) is 6.65. The summed E-state index contributed by atoms with van der Waals surface area (Å²) >= 11 is 0. The van der Waals surface area contributed by atoms with Crippen LogP contribution in [0.25, 0.3) is 0 Å². The van der Waals surface area contributed by atoms with E-state index in [9.17, 15) is 9.90 Å². The normalized spacial score (nSPS) is 24.3. The molecule has 0 spiro atoms. The summed E-state index contributed by atoms with van der Waals surface area (Å²) in [7, 11) is 0. The van der Waals surface area contributed by atoms with Crippen molar-refractivity contribution in [3.05, 3.63) is 143 Å². The maximum absolute atomic E-state index is 13.7. The fourth-order valence-corrected chi connectivity index (χ4v) is 5.37. The predicted octanol–water partition coefficient (Wildman–Crippen LogP) is 5.41. The molecule has 1 saturated heterocycles. The Hall–Kier alpha value is -4.18. The first-order valence-corrected chi connectivity index (χ1v) is 14.7. The van der Waals surface area contributed by atoms with Crippen molar-refractivity contribution in [1.82, 2.24) is 0 Å². The van der Waals surface area contributed by atoms with Gasteiger partial charge >= 0.3 is 5.79 Å². The highest BCUT2D eigenvalue weighted by Gasteiger charge is 2.62. The number of ether oxygens (including phenoxy) is 4. The van der Waals surface area contributed by atoms with Crippen molar-refractivity contribution >= 4 is 11.5 Å². The fraction of sp³-hybridized carbons (Fsp3) is 0.278. The minimum Gasteiger partial charge on any atom is -0.374 e. The second-order valence-corrected chi connectivity index (χ2v) is 11.0. The smallest absolute Gasteiger partial charge is 0.330 e. The van der Waals surface area contributed by atoms with Gasteiger partial charge in [0.1, 0.15) is 24.0 Å². The molecule has 0 aromatic heterocycles. The van der Waals surface area contributed by atoms with Crippen LogP contribution < -0.4 is 0 Å². The van der Waals surface area contributed by atoms with Crippen LogP contribution >= 0.6 is 0 Å². The Labute approximate surface area is 256 Å². The Bertz CT molecular complexity index is 1550. The van der Waals surface area contributed by atoms with Crippen LogP contribution in [-0.2, 0) is 43.6 Å². The van der Waals surface area contributed by atoms with E-state index in [0.717, 1.165) is 22.3 Å². The number of rotatable bonds is 12. The number of ketones is 1. The van der Waals surface area contributed by atoms with E-state index < -0.39 is 36.0 Å². The lowest BCUT2D eigenvalue weighted by Gasteiger charge is -2.42. The Morgan fingerprint density at radius 3 is 1.91 bits per heavy atom. The number of fused-ring (bicyclic) bond motifs is 1. The van der Waals surface area contributed by atoms with Gasteiger partial charge in [-0.3, -0.25) is 4.79 Å². The molecule has 0 amide bonds. The topological polar surface area (TPSA) is 95.8 Å². The number of aryl methyl sites for hydroxylation is 1. The zero-order chi connectivity index (χ0) is 30.4. The lowest BCUT2D eigenvalue weighted by atomic mass is 9.88. The van der Waals surface area contributed by atoms with Crippen molar-refractivity contribution in [3.8, 4) is 0 Å². The number of hydrogen-bond acceptors (Lipinski definition) is 8. The number of carbonyl (C=O) groups excluding carboxylic acids is 1. The van der Waals surface area contributed by atoms with Crippen LogP contribution in [-0.4, -0.2) is 53.4 Å². The molecule has 2 heterocycles. The molecule has 4 aromatic rings. The van der Waals surface area contributed by atoms with Gasteiger partial charge in [-0.05, 0) is 23.6 Å². The van der Waals surface area contributed by atoms with Crippen LogP contribution in [0, 0.1) is 6.92 Å². The fourth-order valence-electron chi connectivity index (χ4n) is 5.37. The minimum atomic E-state index is -2.39. The van der Waals surface area contributed by atoms with Crippen molar-refractivity contribution in [2.24, 2.45) is 5.16 Å². The summed E-state index contributed by atoms with van der Waals surface area (Å²) in [6.07, 6.45) is -3.46. The van der Waals surface area contributed by atoms with E-state index in [1.807, 2.05) is 97.9 Å². The summed E-state index contributed by atoms with van der Waals surface area (Å²) in [6.45, 7) is 2.89. The van der Waals surface area contributed by atoms with Crippen LogP contribution in [0.3, 0.4) is 0 Å². The van der Waals surface area contributed by atoms with Crippen LogP contribution in [0.2, 0.25) is 0 Å². The average molecular weight is 594 g/mol. The lowest BCUT2D eigenvalue weighted by molar-refractivity contribution is -0.238. The molecular formula is C36H35NO7. The first-order valence-electron chi connectivity index (χ1n) is 14.7. The predicted molar refractivity (Wildman–Crippen MR) is 164 cm³/mol. The number of aliphatic hydroxyl groups is 1. The summed E-state index contributed by atoms with van der Waals surface area (Å²) in [6, 6.07) is 36.2. The molecule has 2 aliphatic heterocycles. The highest BCUT2D eigenvalue weighted by molar-refractivity contribution is 6.08. The summed E-state index contributed by atoms with van der Waals surface area (Å²) in [5.74, 6) is -3.04. The molecular weight excluding hydrogens is 558 g/mol. The van der Waals surface area contributed by atoms with Gasteiger partial charge in [-0.15, -0.1) is 0 Å². The van der Waals surface area contributed by atoms with Crippen molar-refractivity contribution in [1.29, 1.82) is 0 Å². The van der Waals surface area contributed by atoms with Crippen molar-refractivity contribution in [2.45, 2.75) is 56.9 Å². The molecule has 2 aliphatic rings. The highest BCUT2D eigenvalue weighted by atomic mass is 16.8. The second kappa shape index (κ2) is 13.6. The standard InChI is InChI=1S/C36H35NO7/c1-25-17-19-29(20-18-25)34(38)36(39)35-31(37-44-36)33(42-23-28-15-9-4-10-16-28)32(41-22-27-13-7-3-8-14-27)30(43-35)24-40-21-26-11-5-2-6-12-26/h2-20,30,32-33,35,39H,21-24H2,1H3/t30-,32+,33-,35-,36+/m1/s1. The van der Waals surface area contributed by atoms with Gasteiger partial charge < -0.3 is 28.9 Å². The van der Waals surface area contributed by atoms with E-state index in [1.54, 1.807) is 24.3 Å². The number of nitrogens with zero attached hydrogens (tertiary/aromatic N) is 1. The van der Waals surface area contributed by atoms with E-state index in [4.69, 9.17) is 23.8 Å².